The summed E-state index contributed by atoms with van der Waals surface area (Å²) in [5.41, 5.74) is 0.763. The number of ether oxygens (including phenoxy) is 1. The second kappa shape index (κ2) is 7.52. The third kappa shape index (κ3) is 3.24. The number of hydrogen-bond donors (Lipinski definition) is 1. The Hall–Kier alpha value is -1.86. The quantitative estimate of drug-likeness (QED) is 0.833. The molecule has 1 atom stereocenters. The molecule has 0 bridgehead atoms. The van der Waals surface area contributed by atoms with E-state index in [4.69, 9.17) is 4.74 Å². The Bertz CT molecular complexity index is 881. The fourth-order valence-electron chi connectivity index (χ4n) is 4.55. The highest BCUT2D eigenvalue weighted by Gasteiger charge is 2.48. The van der Waals surface area contributed by atoms with Crippen LogP contribution < -0.4 is 5.32 Å². The van der Waals surface area contributed by atoms with Gasteiger partial charge in [-0.15, -0.1) is 11.3 Å². The van der Waals surface area contributed by atoms with Crippen molar-refractivity contribution in [2.45, 2.75) is 57.7 Å². The van der Waals surface area contributed by atoms with Crippen LogP contribution >= 0.6 is 11.3 Å². The summed E-state index contributed by atoms with van der Waals surface area (Å²) in [6.07, 6.45) is 4.31. The van der Waals surface area contributed by atoms with Crippen molar-refractivity contribution in [3.05, 3.63) is 23.2 Å². The van der Waals surface area contributed by atoms with Crippen LogP contribution in [0.15, 0.2) is 17.5 Å². The average molecular weight is 404 g/mol. The molecule has 2 aromatic rings. The first kappa shape index (κ1) is 19.5. The Morgan fingerprint density at radius 1 is 1.36 bits per heavy atom. The molecule has 4 rings (SSSR count). The first-order valence-corrected chi connectivity index (χ1v) is 11.0. The maximum Gasteiger partial charge on any atom is 0.271 e. The molecule has 0 saturated heterocycles. The summed E-state index contributed by atoms with van der Waals surface area (Å²) in [4.78, 5) is 28.5. The SMILES string of the molecule is COCCN1C(=O)c2cc3sccc3n2C[C@@]1(C)C(=O)NC1CCC(C)CC1. The van der Waals surface area contributed by atoms with Crippen molar-refractivity contribution in [3.63, 3.8) is 0 Å². The van der Waals surface area contributed by atoms with E-state index in [-0.39, 0.29) is 17.9 Å². The Labute approximate surface area is 169 Å². The number of carbonyl (C=O) groups is 2. The van der Waals surface area contributed by atoms with Gasteiger partial charge >= 0.3 is 0 Å². The smallest absolute Gasteiger partial charge is 0.271 e. The van der Waals surface area contributed by atoms with Crippen LogP contribution in [0, 0.1) is 5.92 Å². The van der Waals surface area contributed by atoms with Gasteiger partial charge in [0.05, 0.1) is 23.4 Å². The second-order valence-corrected chi connectivity index (χ2v) is 9.39. The van der Waals surface area contributed by atoms with Gasteiger partial charge in [0.2, 0.25) is 5.91 Å². The molecule has 1 N–H and O–H groups in total. The lowest BCUT2D eigenvalue weighted by Gasteiger charge is -2.44. The monoisotopic (exact) mass is 403 g/mol. The summed E-state index contributed by atoms with van der Waals surface area (Å²) in [5, 5.41) is 5.29. The van der Waals surface area contributed by atoms with Gasteiger partial charge in [-0.3, -0.25) is 9.59 Å². The molecule has 1 aliphatic heterocycles. The zero-order valence-corrected chi connectivity index (χ0v) is 17.7. The van der Waals surface area contributed by atoms with Gasteiger partial charge in [0, 0.05) is 19.7 Å². The molecule has 0 unspecified atom stereocenters. The van der Waals surface area contributed by atoms with Gasteiger partial charge in [-0.25, -0.2) is 0 Å². The van der Waals surface area contributed by atoms with Crippen molar-refractivity contribution in [1.82, 2.24) is 14.8 Å². The molecule has 0 radical (unpaired) electrons. The number of amides is 2. The number of hydrogen-bond acceptors (Lipinski definition) is 4. The van der Waals surface area contributed by atoms with Crippen LogP contribution in [0.2, 0.25) is 0 Å². The van der Waals surface area contributed by atoms with Gasteiger partial charge in [-0.05, 0) is 56.0 Å². The van der Waals surface area contributed by atoms with E-state index in [1.165, 1.54) is 0 Å². The predicted molar refractivity (Wildman–Crippen MR) is 111 cm³/mol. The third-order valence-electron chi connectivity index (χ3n) is 6.41. The molecular weight excluding hydrogens is 374 g/mol. The van der Waals surface area contributed by atoms with Gasteiger partial charge in [-0.1, -0.05) is 6.92 Å². The molecule has 2 aromatic heterocycles. The molecule has 1 saturated carbocycles. The van der Waals surface area contributed by atoms with Gasteiger partial charge < -0.3 is 19.5 Å². The summed E-state index contributed by atoms with van der Waals surface area (Å²) in [5.74, 6) is 0.577. The topological polar surface area (TPSA) is 63.6 Å². The molecule has 2 amide bonds. The Morgan fingerprint density at radius 3 is 2.82 bits per heavy atom. The molecule has 3 heterocycles. The van der Waals surface area contributed by atoms with Crippen molar-refractivity contribution in [2.24, 2.45) is 5.92 Å². The van der Waals surface area contributed by atoms with Crippen molar-refractivity contribution < 1.29 is 14.3 Å². The molecule has 1 fully saturated rings. The van der Waals surface area contributed by atoms with E-state index in [2.05, 4.69) is 12.2 Å². The molecule has 152 valence electrons. The number of aromatic nitrogens is 1. The Balaban J connectivity index is 1.64. The summed E-state index contributed by atoms with van der Waals surface area (Å²) < 4.78 is 8.33. The van der Waals surface area contributed by atoms with Crippen molar-refractivity contribution >= 4 is 33.4 Å². The largest absolute Gasteiger partial charge is 0.383 e. The fourth-order valence-corrected chi connectivity index (χ4v) is 5.37. The molecule has 2 aliphatic rings. The van der Waals surface area contributed by atoms with E-state index in [9.17, 15) is 9.59 Å². The van der Waals surface area contributed by atoms with E-state index in [0.29, 0.717) is 25.4 Å². The molecule has 28 heavy (non-hydrogen) atoms. The van der Waals surface area contributed by atoms with Crippen LogP contribution in [0.3, 0.4) is 0 Å². The first-order chi connectivity index (χ1) is 13.4. The summed E-state index contributed by atoms with van der Waals surface area (Å²) >= 11 is 1.62. The molecule has 0 spiro atoms. The number of methoxy groups -OCH3 is 1. The van der Waals surface area contributed by atoms with E-state index in [1.54, 1.807) is 23.3 Å². The minimum absolute atomic E-state index is 0.0563. The van der Waals surface area contributed by atoms with Crippen LogP contribution in [0.1, 0.15) is 50.0 Å². The highest BCUT2D eigenvalue weighted by molar-refractivity contribution is 7.17. The summed E-state index contributed by atoms with van der Waals surface area (Å²) in [6.45, 7) is 5.44. The fraction of sp³-hybridized carbons (Fsp3) is 0.619. The molecule has 6 nitrogen and oxygen atoms in total. The van der Waals surface area contributed by atoms with E-state index < -0.39 is 5.54 Å². The van der Waals surface area contributed by atoms with Gasteiger partial charge in [0.25, 0.3) is 5.91 Å². The molecule has 1 aliphatic carbocycles. The maximum absolute atomic E-state index is 13.4. The van der Waals surface area contributed by atoms with Gasteiger partial charge in [0.15, 0.2) is 0 Å². The van der Waals surface area contributed by atoms with E-state index in [1.807, 2.05) is 29.0 Å². The highest BCUT2D eigenvalue weighted by Crippen LogP contribution is 2.34. The first-order valence-electron chi connectivity index (χ1n) is 10.1. The van der Waals surface area contributed by atoms with Crippen molar-refractivity contribution in [3.8, 4) is 0 Å². The minimum Gasteiger partial charge on any atom is -0.383 e. The number of fused-ring (bicyclic) bond motifs is 3. The zero-order chi connectivity index (χ0) is 19.9. The van der Waals surface area contributed by atoms with Crippen LogP contribution in [0.4, 0.5) is 0 Å². The Kier molecular flexibility index (Phi) is 5.22. The molecule has 7 heteroatoms. The minimum atomic E-state index is -0.931. The van der Waals surface area contributed by atoms with Crippen LogP contribution in [-0.2, 0) is 16.1 Å². The number of nitrogens with one attached hydrogen (secondary N) is 1. The van der Waals surface area contributed by atoms with Crippen molar-refractivity contribution in [1.29, 1.82) is 0 Å². The van der Waals surface area contributed by atoms with Crippen LogP contribution in [-0.4, -0.2) is 53.1 Å². The predicted octanol–water partition coefficient (Wildman–Crippen LogP) is 3.26. The van der Waals surface area contributed by atoms with Crippen LogP contribution in [0.25, 0.3) is 10.2 Å². The van der Waals surface area contributed by atoms with Crippen molar-refractivity contribution in [2.75, 3.05) is 20.3 Å². The van der Waals surface area contributed by atoms with Crippen LogP contribution in [0.5, 0.6) is 0 Å². The van der Waals surface area contributed by atoms with E-state index >= 15 is 0 Å². The zero-order valence-electron chi connectivity index (χ0n) is 16.9. The maximum atomic E-state index is 13.4. The highest BCUT2D eigenvalue weighted by atomic mass is 32.1. The lowest BCUT2D eigenvalue weighted by atomic mass is 9.86. The third-order valence-corrected chi connectivity index (χ3v) is 7.26. The summed E-state index contributed by atoms with van der Waals surface area (Å²) in [6, 6.07) is 4.18. The number of carbonyl (C=O) groups excluding carboxylic acids is 2. The lowest BCUT2D eigenvalue weighted by Crippen LogP contribution is -2.65. The normalized spacial score (nSPS) is 27.8. The average Bonchev–Trinajstić information content (AvgIpc) is 3.26. The number of thiophene rings is 1. The lowest BCUT2D eigenvalue weighted by molar-refractivity contribution is -0.134. The van der Waals surface area contributed by atoms with Gasteiger partial charge in [-0.2, -0.15) is 0 Å². The van der Waals surface area contributed by atoms with E-state index in [0.717, 1.165) is 41.8 Å². The number of rotatable bonds is 5. The second-order valence-electron chi connectivity index (χ2n) is 8.44. The molecular formula is C21H29N3O3S. The summed E-state index contributed by atoms with van der Waals surface area (Å²) in [7, 11) is 1.62. The molecule has 0 aromatic carbocycles. The standard InChI is InChI=1S/C21H29N3O3S/c1-14-4-6-15(7-5-14)22-20(26)21(2)13-23-16-8-11-28-18(16)12-17(23)19(25)24(21)9-10-27-3/h8,11-12,14-15H,4-7,9-10,13H2,1-3H3,(H,22,26)/t14?,15?,21-/m0/s1. The van der Waals surface area contributed by atoms with Gasteiger partial charge in [0.1, 0.15) is 11.2 Å². The number of nitrogens with zero attached hydrogens (tertiary/aromatic N) is 2. The Morgan fingerprint density at radius 2 is 2.11 bits per heavy atom.